The van der Waals surface area contributed by atoms with Crippen LogP contribution in [0.2, 0.25) is 5.02 Å². The van der Waals surface area contributed by atoms with Crippen molar-refractivity contribution < 1.29 is 29.0 Å². The molecule has 0 aromatic heterocycles. The van der Waals surface area contributed by atoms with Crippen molar-refractivity contribution in [3.8, 4) is 5.75 Å². The van der Waals surface area contributed by atoms with Gasteiger partial charge in [0.25, 0.3) is 5.91 Å². The molecule has 1 amide bonds. The number of hydrogen-bond acceptors (Lipinski definition) is 5. The number of aromatic hydroxyl groups is 1. The Balaban J connectivity index is 1.48. The first-order chi connectivity index (χ1) is 16.0. The average Bonchev–Trinajstić information content (AvgIpc) is 3.13. The number of benzene rings is 2. The van der Waals surface area contributed by atoms with Crippen LogP contribution in [0, 0.1) is 22.6 Å². The number of carbonyl (C=O) groups excluding carboxylic acids is 2. The SMILES string of the molecule is CC1(C)C2CCC1(C)C(OC(=O)c1ccccc1N(O)C(=O)CCc1cc(F)cc(Cl)c1O)C2. The Kier molecular flexibility index (Phi) is 6.38. The van der Waals surface area contributed by atoms with Crippen molar-refractivity contribution in [2.24, 2.45) is 16.7 Å². The number of hydroxylamine groups is 1. The standard InChI is InChI=1S/C26H29ClFNO5/c1-25(2)16-10-11-26(25,3)21(13-16)34-24(32)18-6-4-5-7-20(18)29(33)22(30)9-8-15-12-17(28)14-19(27)23(15)31/h4-7,12,14,16,21,31,33H,8-11,13H2,1-3H3. The van der Waals surface area contributed by atoms with Crippen LogP contribution in [0.5, 0.6) is 5.75 Å². The van der Waals surface area contributed by atoms with Crippen molar-refractivity contribution in [1.29, 1.82) is 0 Å². The number of carbonyl (C=O) groups is 2. The van der Waals surface area contributed by atoms with E-state index in [2.05, 4.69) is 20.8 Å². The molecule has 6 nitrogen and oxygen atoms in total. The molecule has 34 heavy (non-hydrogen) atoms. The number of hydrogen-bond donors (Lipinski definition) is 2. The maximum absolute atomic E-state index is 13.6. The van der Waals surface area contributed by atoms with Gasteiger partial charge in [-0.2, -0.15) is 5.06 Å². The van der Waals surface area contributed by atoms with Crippen LogP contribution in [0.4, 0.5) is 10.1 Å². The van der Waals surface area contributed by atoms with Gasteiger partial charge in [0, 0.05) is 11.8 Å². The molecule has 4 rings (SSSR count). The topological polar surface area (TPSA) is 87.1 Å². The number of halogens is 2. The van der Waals surface area contributed by atoms with Gasteiger partial charge in [0.15, 0.2) is 0 Å². The van der Waals surface area contributed by atoms with E-state index in [4.69, 9.17) is 16.3 Å². The molecule has 2 saturated carbocycles. The van der Waals surface area contributed by atoms with E-state index < -0.39 is 17.7 Å². The van der Waals surface area contributed by atoms with Gasteiger partial charge in [-0.15, -0.1) is 0 Å². The molecule has 0 aliphatic heterocycles. The minimum absolute atomic E-state index is 0.00608. The molecule has 3 unspecified atom stereocenters. The second-order valence-electron chi connectivity index (χ2n) is 10.1. The first kappa shape index (κ1) is 24.5. The molecular weight excluding hydrogens is 461 g/mol. The third-order valence-corrected chi connectivity index (χ3v) is 8.56. The van der Waals surface area contributed by atoms with Gasteiger partial charge in [-0.3, -0.25) is 10.0 Å². The maximum atomic E-state index is 13.6. The Bertz CT molecular complexity index is 1140. The van der Waals surface area contributed by atoms with Gasteiger partial charge in [0.1, 0.15) is 17.7 Å². The van der Waals surface area contributed by atoms with Crippen LogP contribution in [-0.4, -0.2) is 28.3 Å². The smallest absolute Gasteiger partial charge is 0.340 e. The van der Waals surface area contributed by atoms with E-state index >= 15 is 0 Å². The number of rotatable bonds is 6. The zero-order valence-electron chi connectivity index (χ0n) is 19.5. The van der Waals surface area contributed by atoms with Crippen molar-refractivity contribution in [3.63, 3.8) is 0 Å². The zero-order chi connectivity index (χ0) is 24.8. The lowest BCUT2D eigenvalue weighted by molar-refractivity contribution is -0.123. The molecule has 2 N–H and O–H groups in total. The van der Waals surface area contributed by atoms with E-state index in [0.29, 0.717) is 11.0 Å². The summed E-state index contributed by atoms with van der Waals surface area (Å²) in [7, 11) is 0. The van der Waals surface area contributed by atoms with Crippen molar-refractivity contribution in [2.75, 3.05) is 5.06 Å². The van der Waals surface area contributed by atoms with E-state index in [9.17, 15) is 24.3 Å². The normalized spacial score (nSPS) is 24.8. The Labute approximate surface area is 203 Å². The molecule has 3 atom stereocenters. The fourth-order valence-corrected chi connectivity index (χ4v) is 5.85. The fourth-order valence-electron chi connectivity index (χ4n) is 5.62. The van der Waals surface area contributed by atoms with Crippen LogP contribution < -0.4 is 5.06 Å². The average molecular weight is 490 g/mol. The predicted molar refractivity (Wildman–Crippen MR) is 126 cm³/mol. The molecular formula is C26H29ClFNO5. The number of ether oxygens (including phenoxy) is 1. The summed E-state index contributed by atoms with van der Waals surface area (Å²) >= 11 is 5.78. The van der Waals surface area contributed by atoms with Crippen molar-refractivity contribution in [1.82, 2.24) is 0 Å². The molecule has 182 valence electrons. The van der Waals surface area contributed by atoms with E-state index in [0.717, 1.165) is 31.4 Å². The summed E-state index contributed by atoms with van der Waals surface area (Å²) < 4.78 is 19.5. The van der Waals surface area contributed by atoms with Gasteiger partial charge >= 0.3 is 5.97 Å². The second-order valence-corrected chi connectivity index (χ2v) is 10.5. The lowest BCUT2D eigenvalue weighted by atomic mass is 9.70. The lowest BCUT2D eigenvalue weighted by Gasteiger charge is -2.38. The Morgan fingerprint density at radius 3 is 2.59 bits per heavy atom. The molecule has 2 aliphatic carbocycles. The van der Waals surface area contributed by atoms with Crippen LogP contribution in [0.15, 0.2) is 36.4 Å². The first-order valence-electron chi connectivity index (χ1n) is 11.4. The minimum atomic E-state index is -0.729. The third-order valence-electron chi connectivity index (χ3n) is 8.27. The summed E-state index contributed by atoms with van der Waals surface area (Å²) in [6.45, 7) is 6.62. The van der Waals surface area contributed by atoms with Crippen molar-refractivity contribution in [3.05, 3.63) is 58.4 Å². The highest BCUT2D eigenvalue weighted by Gasteiger charge is 2.62. The van der Waals surface area contributed by atoms with Gasteiger partial charge in [0.2, 0.25) is 0 Å². The number of anilines is 1. The van der Waals surface area contributed by atoms with Gasteiger partial charge in [-0.1, -0.05) is 44.5 Å². The maximum Gasteiger partial charge on any atom is 0.340 e. The third kappa shape index (κ3) is 4.05. The molecule has 2 fully saturated rings. The van der Waals surface area contributed by atoms with Crippen LogP contribution in [0.1, 0.15) is 62.4 Å². The van der Waals surface area contributed by atoms with Crippen LogP contribution in [0.3, 0.4) is 0 Å². The number of para-hydroxylation sites is 1. The summed E-state index contributed by atoms with van der Waals surface area (Å²) in [5.41, 5.74) is 0.185. The van der Waals surface area contributed by atoms with Crippen LogP contribution in [-0.2, 0) is 16.0 Å². The Hall–Kier alpha value is -2.64. The fraction of sp³-hybridized carbons (Fsp3) is 0.462. The number of phenols is 1. The number of esters is 1. The number of phenolic OH excluding ortho intramolecular Hbond substituents is 1. The molecule has 2 bridgehead atoms. The van der Waals surface area contributed by atoms with E-state index in [1.165, 1.54) is 12.1 Å². The first-order valence-corrected chi connectivity index (χ1v) is 11.8. The molecule has 0 heterocycles. The molecule has 0 radical (unpaired) electrons. The van der Waals surface area contributed by atoms with Crippen LogP contribution >= 0.6 is 11.6 Å². The number of nitrogens with zero attached hydrogens (tertiary/aromatic N) is 1. The van der Waals surface area contributed by atoms with Gasteiger partial charge in [-0.25, -0.2) is 9.18 Å². The molecule has 2 aliphatic rings. The summed E-state index contributed by atoms with van der Waals surface area (Å²) in [6, 6.07) is 8.25. The Morgan fingerprint density at radius 2 is 1.94 bits per heavy atom. The predicted octanol–water partition coefficient (Wildman–Crippen LogP) is 5.91. The summed E-state index contributed by atoms with van der Waals surface area (Å²) in [5, 5.41) is 20.8. The van der Waals surface area contributed by atoms with Crippen molar-refractivity contribution >= 4 is 29.2 Å². The van der Waals surface area contributed by atoms with Crippen LogP contribution in [0.25, 0.3) is 0 Å². The number of aryl methyl sites for hydroxylation is 1. The zero-order valence-corrected chi connectivity index (χ0v) is 20.2. The van der Waals surface area contributed by atoms with E-state index in [-0.39, 0.29) is 57.4 Å². The lowest BCUT2D eigenvalue weighted by Crippen LogP contribution is -2.38. The summed E-state index contributed by atoms with van der Waals surface area (Å²) in [5.74, 6) is -1.78. The van der Waals surface area contributed by atoms with Gasteiger partial charge in [-0.05, 0) is 66.8 Å². The largest absolute Gasteiger partial charge is 0.506 e. The quantitative estimate of drug-likeness (QED) is 0.299. The van der Waals surface area contributed by atoms with Gasteiger partial charge < -0.3 is 9.84 Å². The molecule has 2 aromatic carbocycles. The van der Waals surface area contributed by atoms with Gasteiger partial charge in [0.05, 0.1) is 16.3 Å². The van der Waals surface area contributed by atoms with E-state index in [1.807, 2.05) is 0 Å². The second kappa shape index (κ2) is 8.86. The number of fused-ring (bicyclic) bond motifs is 2. The highest BCUT2D eigenvalue weighted by Crippen LogP contribution is 2.66. The summed E-state index contributed by atoms with van der Waals surface area (Å²) in [4.78, 5) is 25.8. The molecule has 0 saturated heterocycles. The minimum Gasteiger partial charge on any atom is -0.506 e. The summed E-state index contributed by atoms with van der Waals surface area (Å²) in [6.07, 6.45) is 2.39. The van der Waals surface area contributed by atoms with Crippen molar-refractivity contribution in [2.45, 2.75) is 59.0 Å². The Morgan fingerprint density at radius 1 is 1.24 bits per heavy atom. The number of amides is 1. The molecule has 2 aromatic rings. The monoisotopic (exact) mass is 489 g/mol. The highest BCUT2D eigenvalue weighted by atomic mass is 35.5. The molecule has 0 spiro atoms. The molecule has 8 heteroatoms. The highest BCUT2D eigenvalue weighted by molar-refractivity contribution is 6.32. The van der Waals surface area contributed by atoms with E-state index in [1.54, 1.807) is 12.1 Å².